The van der Waals surface area contributed by atoms with Gasteiger partial charge in [0.1, 0.15) is 0 Å². The molecule has 0 bridgehead atoms. The average Bonchev–Trinajstić information content (AvgIpc) is 3.21. The van der Waals surface area contributed by atoms with Crippen molar-refractivity contribution in [3.63, 3.8) is 0 Å². The number of fused-ring (bicyclic) bond motifs is 1. The lowest BCUT2D eigenvalue weighted by atomic mass is 10.1. The number of aryl methyl sites for hydroxylation is 1. The van der Waals surface area contributed by atoms with Crippen LogP contribution in [0.3, 0.4) is 0 Å². The van der Waals surface area contributed by atoms with Crippen molar-refractivity contribution in [1.29, 1.82) is 0 Å². The summed E-state index contributed by atoms with van der Waals surface area (Å²) in [5.41, 5.74) is 5.72. The molecule has 30 heavy (non-hydrogen) atoms. The van der Waals surface area contributed by atoms with Crippen LogP contribution < -0.4 is 15.5 Å². The minimum absolute atomic E-state index is 0.00716. The predicted octanol–water partition coefficient (Wildman–Crippen LogP) is 4.77. The maximum absolute atomic E-state index is 12.9. The quantitative estimate of drug-likeness (QED) is 0.649. The van der Waals surface area contributed by atoms with Crippen LogP contribution in [0.5, 0.6) is 0 Å². The van der Waals surface area contributed by atoms with Crippen molar-refractivity contribution in [2.45, 2.75) is 26.3 Å². The van der Waals surface area contributed by atoms with E-state index in [2.05, 4.69) is 17.6 Å². The highest BCUT2D eigenvalue weighted by molar-refractivity contribution is 6.07. The second-order valence-corrected chi connectivity index (χ2v) is 7.39. The van der Waals surface area contributed by atoms with Crippen molar-refractivity contribution in [2.75, 3.05) is 16.8 Å². The van der Waals surface area contributed by atoms with Crippen LogP contribution in [0.25, 0.3) is 0 Å². The van der Waals surface area contributed by atoms with Gasteiger partial charge in [0.2, 0.25) is 0 Å². The zero-order chi connectivity index (χ0) is 20.9. The van der Waals surface area contributed by atoms with Gasteiger partial charge >= 0.3 is 6.03 Å². The summed E-state index contributed by atoms with van der Waals surface area (Å²) >= 11 is 0. The van der Waals surface area contributed by atoms with Crippen LogP contribution in [0, 0.1) is 0 Å². The van der Waals surface area contributed by atoms with Crippen LogP contribution >= 0.6 is 0 Å². The summed E-state index contributed by atoms with van der Waals surface area (Å²) < 4.78 is 0. The predicted molar refractivity (Wildman–Crippen MR) is 120 cm³/mol. The summed E-state index contributed by atoms with van der Waals surface area (Å²) in [5, 5.41) is 5.74. The van der Waals surface area contributed by atoms with E-state index in [1.807, 2.05) is 77.7 Å². The molecule has 3 aromatic rings. The lowest BCUT2D eigenvalue weighted by molar-refractivity contribution is 0.0989. The first-order chi connectivity index (χ1) is 14.6. The second-order valence-electron chi connectivity index (χ2n) is 7.39. The van der Waals surface area contributed by atoms with Crippen molar-refractivity contribution in [3.05, 3.63) is 95.1 Å². The Morgan fingerprint density at radius 1 is 0.933 bits per heavy atom. The molecule has 0 atom stereocenters. The van der Waals surface area contributed by atoms with Crippen LogP contribution in [0.1, 0.15) is 34.0 Å². The summed E-state index contributed by atoms with van der Waals surface area (Å²) in [6.45, 7) is 3.16. The lowest BCUT2D eigenvalue weighted by Gasteiger charge is -2.18. The van der Waals surface area contributed by atoms with Gasteiger partial charge in [-0.05, 0) is 59.9 Å². The van der Waals surface area contributed by atoms with Gasteiger partial charge in [-0.15, -0.1) is 0 Å². The first-order valence-electron chi connectivity index (χ1n) is 10.3. The number of carbonyl (C=O) groups is 2. The number of carbonyl (C=O) groups excluding carboxylic acids is 2. The van der Waals surface area contributed by atoms with E-state index in [4.69, 9.17) is 0 Å². The Kier molecular flexibility index (Phi) is 5.80. The van der Waals surface area contributed by atoms with Crippen molar-refractivity contribution in [3.8, 4) is 0 Å². The molecule has 0 aromatic heterocycles. The Morgan fingerprint density at radius 3 is 2.40 bits per heavy atom. The molecule has 0 fully saturated rings. The monoisotopic (exact) mass is 399 g/mol. The molecule has 5 nitrogen and oxygen atoms in total. The fraction of sp³-hybridized carbons (Fsp3) is 0.200. The van der Waals surface area contributed by atoms with E-state index in [0.29, 0.717) is 18.7 Å². The van der Waals surface area contributed by atoms with E-state index >= 15 is 0 Å². The Hall–Kier alpha value is -3.60. The fourth-order valence-corrected chi connectivity index (χ4v) is 3.66. The van der Waals surface area contributed by atoms with E-state index in [9.17, 15) is 9.59 Å². The number of urea groups is 1. The number of rotatable bonds is 5. The standard InChI is InChI=1S/C25H25N3O2/c1-2-18-9-12-22(13-10-18)27-25(30)26-17-19-8-11-20-14-15-28(23(20)16-19)24(29)21-6-4-3-5-7-21/h3-13,16H,2,14-15,17H2,1H3,(H2,26,27,30). The lowest BCUT2D eigenvalue weighted by Crippen LogP contribution is -2.29. The van der Waals surface area contributed by atoms with E-state index in [0.717, 1.165) is 35.3 Å². The summed E-state index contributed by atoms with van der Waals surface area (Å²) in [7, 11) is 0. The minimum atomic E-state index is -0.253. The van der Waals surface area contributed by atoms with Gasteiger partial charge < -0.3 is 15.5 Å². The number of hydrogen-bond acceptors (Lipinski definition) is 2. The molecular weight excluding hydrogens is 374 g/mol. The number of amides is 3. The van der Waals surface area contributed by atoms with Crippen LogP contribution in [0.4, 0.5) is 16.2 Å². The minimum Gasteiger partial charge on any atom is -0.334 e. The number of anilines is 2. The van der Waals surface area contributed by atoms with Crippen molar-refractivity contribution >= 4 is 23.3 Å². The molecule has 5 heteroatoms. The molecule has 0 unspecified atom stereocenters. The molecule has 0 radical (unpaired) electrons. The number of hydrogen-bond donors (Lipinski definition) is 2. The third-order valence-corrected chi connectivity index (χ3v) is 5.38. The summed E-state index contributed by atoms with van der Waals surface area (Å²) in [5.74, 6) is 0.00716. The molecule has 3 amide bonds. The van der Waals surface area contributed by atoms with E-state index in [1.165, 1.54) is 5.56 Å². The van der Waals surface area contributed by atoms with Gasteiger partial charge in [0, 0.05) is 30.0 Å². The highest BCUT2D eigenvalue weighted by Gasteiger charge is 2.25. The Bertz CT molecular complexity index is 1050. The topological polar surface area (TPSA) is 61.4 Å². The smallest absolute Gasteiger partial charge is 0.319 e. The van der Waals surface area contributed by atoms with Gasteiger partial charge in [0.05, 0.1) is 0 Å². The molecule has 1 heterocycles. The van der Waals surface area contributed by atoms with Gasteiger partial charge in [0.15, 0.2) is 0 Å². The zero-order valence-corrected chi connectivity index (χ0v) is 17.0. The fourth-order valence-electron chi connectivity index (χ4n) is 3.66. The highest BCUT2D eigenvalue weighted by atomic mass is 16.2. The maximum atomic E-state index is 12.9. The van der Waals surface area contributed by atoms with Gasteiger partial charge in [-0.25, -0.2) is 4.79 Å². The summed E-state index contributed by atoms with van der Waals surface area (Å²) in [4.78, 5) is 26.9. The van der Waals surface area contributed by atoms with E-state index in [1.54, 1.807) is 0 Å². The zero-order valence-electron chi connectivity index (χ0n) is 17.0. The molecule has 0 saturated carbocycles. The molecule has 4 rings (SSSR count). The Labute approximate surface area is 176 Å². The van der Waals surface area contributed by atoms with Crippen molar-refractivity contribution in [2.24, 2.45) is 0 Å². The van der Waals surface area contributed by atoms with Gasteiger partial charge in [-0.2, -0.15) is 0 Å². The molecule has 3 aromatic carbocycles. The SMILES string of the molecule is CCc1ccc(NC(=O)NCc2ccc3c(c2)N(C(=O)c2ccccc2)CC3)cc1. The first kappa shape index (κ1) is 19.7. The maximum Gasteiger partial charge on any atom is 0.319 e. The molecule has 0 spiro atoms. The molecular formula is C25H25N3O2. The third-order valence-electron chi connectivity index (χ3n) is 5.38. The molecule has 152 valence electrons. The molecule has 1 aliphatic rings. The first-order valence-corrected chi connectivity index (χ1v) is 10.3. The van der Waals surface area contributed by atoms with E-state index in [-0.39, 0.29) is 11.9 Å². The van der Waals surface area contributed by atoms with Crippen LogP contribution in [0.2, 0.25) is 0 Å². The summed E-state index contributed by atoms with van der Waals surface area (Å²) in [6, 6.07) is 22.9. The third kappa shape index (κ3) is 4.35. The van der Waals surface area contributed by atoms with Crippen molar-refractivity contribution in [1.82, 2.24) is 5.32 Å². The Morgan fingerprint density at radius 2 is 1.67 bits per heavy atom. The van der Waals surface area contributed by atoms with Crippen LogP contribution in [-0.4, -0.2) is 18.5 Å². The van der Waals surface area contributed by atoms with E-state index < -0.39 is 0 Å². The largest absolute Gasteiger partial charge is 0.334 e. The number of nitrogens with one attached hydrogen (secondary N) is 2. The Balaban J connectivity index is 1.40. The highest BCUT2D eigenvalue weighted by Crippen LogP contribution is 2.30. The second kappa shape index (κ2) is 8.82. The van der Waals surface area contributed by atoms with Crippen LogP contribution in [-0.2, 0) is 19.4 Å². The molecule has 0 aliphatic carbocycles. The van der Waals surface area contributed by atoms with Gasteiger partial charge in [0.25, 0.3) is 5.91 Å². The van der Waals surface area contributed by atoms with Crippen LogP contribution in [0.15, 0.2) is 72.8 Å². The molecule has 2 N–H and O–H groups in total. The average molecular weight is 399 g/mol. The number of benzene rings is 3. The molecule has 1 aliphatic heterocycles. The number of nitrogens with zero attached hydrogens (tertiary/aromatic N) is 1. The van der Waals surface area contributed by atoms with Gasteiger partial charge in [-0.1, -0.05) is 49.4 Å². The van der Waals surface area contributed by atoms with Gasteiger partial charge in [-0.3, -0.25) is 4.79 Å². The molecule has 0 saturated heterocycles. The normalized spacial score (nSPS) is 12.4. The van der Waals surface area contributed by atoms with Crippen molar-refractivity contribution < 1.29 is 9.59 Å². The summed E-state index contributed by atoms with van der Waals surface area (Å²) in [6.07, 6.45) is 1.81.